The van der Waals surface area contributed by atoms with Gasteiger partial charge < -0.3 is 0 Å². The molecule has 0 heterocycles. The summed E-state index contributed by atoms with van der Waals surface area (Å²) in [4.78, 5) is 10.8. The second kappa shape index (κ2) is 4.93. The van der Waals surface area contributed by atoms with Crippen molar-refractivity contribution in [1.82, 2.24) is 4.34 Å². The van der Waals surface area contributed by atoms with Crippen molar-refractivity contribution in [3.05, 3.63) is 35.9 Å². The zero-order valence-corrected chi connectivity index (χ0v) is 8.17. The van der Waals surface area contributed by atoms with Gasteiger partial charge in [-0.2, -0.15) is 0 Å². The highest BCUT2D eigenvalue weighted by Crippen LogP contribution is 2.01. The van der Waals surface area contributed by atoms with E-state index >= 15 is 0 Å². The lowest BCUT2D eigenvalue weighted by Gasteiger charge is -1.98. The molecule has 0 radical (unpaired) electrons. The third-order valence-electron chi connectivity index (χ3n) is 1.59. The van der Waals surface area contributed by atoms with Gasteiger partial charge in [0.05, 0.1) is 0 Å². The van der Waals surface area contributed by atoms with Crippen LogP contribution in [0.4, 0.5) is 0 Å². The smallest absolute Gasteiger partial charge is 0.230 e. The summed E-state index contributed by atoms with van der Waals surface area (Å²) in [6.07, 6.45) is 1.31. The average molecular weight is 228 g/mol. The Hall–Kier alpha value is -0.830. The Bertz CT molecular complexity index is 248. The summed E-state index contributed by atoms with van der Waals surface area (Å²) in [7, 11) is 0. The van der Waals surface area contributed by atoms with Crippen molar-refractivity contribution < 1.29 is 4.79 Å². The van der Waals surface area contributed by atoms with Gasteiger partial charge in [-0.1, -0.05) is 30.3 Å². The fraction of sp³-hybridized carbons (Fsp3) is 0.222. The fourth-order valence-electron chi connectivity index (χ4n) is 0.950. The number of halogens is 1. The van der Waals surface area contributed by atoms with Crippen LogP contribution in [0, 0.1) is 0 Å². The van der Waals surface area contributed by atoms with Crippen LogP contribution in [0.1, 0.15) is 12.0 Å². The first-order chi connectivity index (χ1) is 5.83. The molecule has 0 saturated heterocycles. The van der Waals surface area contributed by atoms with Crippen LogP contribution in [0.25, 0.3) is 0 Å². The summed E-state index contributed by atoms with van der Waals surface area (Å²) in [5.41, 5.74) is 1.19. The van der Waals surface area contributed by atoms with Gasteiger partial charge in [-0.25, -0.2) is 0 Å². The fourth-order valence-corrected chi connectivity index (χ4v) is 1.15. The number of carbonyl (C=O) groups is 1. The standard InChI is InChI=1S/C9H10BrNO/c10-11-9(12)7-6-8-4-2-1-3-5-8/h1-5H,6-7H2,(H,11,12). The lowest BCUT2D eigenvalue weighted by atomic mass is 10.1. The largest absolute Gasteiger partial charge is 0.293 e. The number of amides is 1. The SMILES string of the molecule is O=C(CCc1ccccc1)NBr. The Kier molecular flexibility index (Phi) is 3.80. The highest BCUT2D eigenvalue weighted by molar-refractivity contribution is 9.08. The number of hydrogen-bond acceptors (Lipinski definition) is 1. The van der Waals surface area contributed by atoms with Gasteiger partial charge in [0.15, 0.2) is 0 Å². The highest BCUT2D eigenvalue weighted by atomic mass is 79.9. The molecule has 0 spiro atoms. The minimum atomic E-state index is 0.0128. The average Bonchev–Trinajstić information content (AvgIpc) is 2.16. The molecule has 1 aromatic carbocycles. The van der Waals surface area contributed by atoms with Crippen molar-refractivity contribution in [3.8, 4) is 0 Å². The number of benzene rings is 1. The van der Waals surface area contributed by atoms with Crippen molar-refractivity contribution in [3.63, 3.8) is 0 Å². The molecule has 1 rings (SSSR count). The van der Waals surface area contributed by atoms with E-state index in [0.717, 1.165) is 6.42 Å². The predicted octanol–water partition coefficient (Wildman–Crippen LogP) is 2.05. The van der Waals surface area contributed by atoms with Crippen LogP contribution >= 0.6 is 16.1 Å². The van der Waals surface area contributed by atoms with E-state index in [9.17, 15) is 4.79 Å². The molecular formula is C9H10BrNO. The summed E-state index contributed by atoms with van der Waals surface area (Å²) in [6, 6.07) is 9.94. The lowest BCUT2D eigenvalue weighted by molar-refractivity contribution is -0.119. The van der Waals surface area contributed by atoms with Crippen molar-refractivity contribution in [1.29, 1.82) is 0 Å². The first-order valence-electron chi connectivity index (χ1n) is 3.76. The van der Waals surface area contributed by atoms with Gasteiger partial charge in [0, 0.05) is 22.6 Å². The van der Waals surface area contributed by atoms with Gasteiger partial charge in [0.1, 0.15) is 0 Å². The van der Waals surface area contributed by atoms with Crippen molar-refractivity contribution in [2.75, 3.05) is 0 Å². The quantitative estimate of drug-likeness (QED) is 0.788. The van der Waals surface area contributed by atoms with Crippen LogP contribution in [0.5, 0.6) is 0 Å². The van der Waals surface area contributed by atoms with Gasteiger partial charge in [0.2, 0.25) is 5.91 Å². The lowest BCUT2D eigenvalue weighted by Crippen LogP contribution is -2.11. The molecule has 0 aliphatic rings. The monoisotopic (exact) mass is 227 g/mol. The van der Waals surface area contributed by atoms with E-state index in [2.05, 4.69) is 20.5 Å². The number of aryl methyl sites for hydroxylation is 1. The number of rotatable bonds is 3. The Labute approximate surface area is 80.3 Å². The Morgan fingerprint density at radius 1 is 1.33 bits per heavy atom. The van der Waals surface area contributed by atoms with Gasteiger partial charge in [-0.3, -0.25) is 9.14 Å². The molecule has 0 aliphatic heterocycles. The molecule has 0 bridgehead atoms. The molecule has 0 atom stereocenters. The van der Waals surface area contributed by atoms with Gasteiger partial charge >= 0.3 is 0 Å². The van der Waals surface area contributed by atoms with Crippen LogP contribution in [-0.2, 0) is 11.2 Å². The normalized spacial score (nSPS) is 9.42. The van der Waals surface area contributed by atoms with Crippen molar-refractivity contribution >= 4 is 22.1 Å². The van der Waals surface area contributed by atoms with Crippen LogP contribution in [0.15, 0.2) is 30.3 Å². The maximum Gasteiger partial charge on any atom is 0.230 e. The topological polar surface area (TPSA) is 29.1 Å². The molecule has 1 aromatic rings. The predicted molar refractivity (Wildman–Crippen MR) is 51.8 cm³/mol. The van der Waals surface area contributed by atoms with E-state index in [-0.39, 0.29) is 5.91 Å². The van der Waals surface area contributed by atoms with Crippen LogP contribution < -0.4 is 4.34 Å². The summed E-state index contributed by atoms with van der Waals surface area (Å²) >= 11 is 2.89. The number of carbonyl (C=O) groups excluding carboxylic acids is 1. The third-order valence-corrected chi connectivity index (χ3v) is 2.03. The first-order valence-corrected chi connectivity index (χ1v) is 4.55. The molecular weight excluding hydrogens is 218 g/mol. The van der Waals surface area contributed by atoms with E-state index in [1.54, 1.807) is 0 Å². The maximum absolute atomic E-state index is 10.8. The van der Waals surface area contributed by atoms with Gasteiger partial charge in [0.25, 0.3) is 0 Å². The maximum atomic E-state index is 10.8. The van der Waals surface area contributed by atoms with E-state index in [1.807, 2.05) is 30.3 Å². The molecule has 0 unspecified atom stereocenters. The third kappa shape index (κ3) is 3.05. The minimum Gasteiger partial charge on any atom is -0.293 e. The Morgan fingerprint density at radius 2 is 2.00 bits per heavy atom. The van der Waals surface area contributed by atoms with E-state index in [1.165, 1.54) is 5.56 Å². The molecule has 0 fully saturated rings. The molecule has 0 saturated carbocycles. The Balaban J connectivity index is 2.38. The molecule has 1 amide bonds. The molecule has 0 aliphatic carbocycles. The minimum absolute atomic E-state index is 0.0128. The van der Waals surface area contributed by atoms with Crippen LogP contribution in [0.2, 0.25) is 0 Å². The zero-order chi connectivity index (χ0) is 8.81. The molecule has 64 valence electrons. The second-order valence-electron chi connectivity index (χ2n) is 2.50. The van der Waals surface area contributed by atoms with E-state index in [4.69, 9.17) is 0 Å². The van der Waals surface area contributed by atoms with Crippen molar-refractivity contribution in [2.45, 2.75) is 12.8 Å². The summed E-state index contributed by atoms with van der Waals surface area (Å²) in [5.74, 6) is 0.0128. The molecule has 3 heteroatoms. The van der Waals surface area contributed by atoms with Gasteiger partial charge in [-0.05, 0) is 12.0 Å². The summed E-state index contributed by atoms with van der Waals surface area (Å²) in [5, 5.41) is 0. The molecule has 2 nitrogen and oxygen atoms in total. The van der Waals surface area contributed by atoms with Crippen molar-refractivity contribution in [2.24, 2.45) is 0 Å². The molecule has 0 aromatic heterocycles. The van der Waals surface area contributed by atoms with E-state index in [0.29, 0.717) is 6.42 Å². The Morgan fingerprint density at radius 3 is 2.58 bits per heavy atom. The summed E-state index contributed by atoms with van der Waals surface area (Å²) < 4.78 is 2.41. The van der Waals surface area contributed by atoms with Crippen LogP contribution in [0.3, 0.4) is 0 Å². The zero-order valence-electron chi connectivity index (χ0n) is 6.59. The molecule has 12 heavy (non-hydrogen) atoms. The first kappa shape index (κ1) is 9.26. The highest BCUT2D eigenvalue weighted by Gasteiger charge is 1.98. The summed E-state index contributed by atoms with van der Waals surface area (Å²) in [6.45, 7) is 0. The van der Waals surface area contributed by atoms with E-state index < -0.39 is 0 Å². The van der Waals surface area contributed by atoms with Gasteiger partial charge in [-0.15, -0.1) is 0 Å². The number of nitrogens with one attached hydrogen (secondary N) is 1. The second-order valence-corrected chi connectivity index (χ2v) is 2.90. The van der Waals surface area contributed by atoms with Crippen LogP contribution in [-0.4, -0.2) is 5.91 Å². The molecule has 1 N–H and O–H groups in total. The number of hydrogen-bond donors (Lipinski definition) is 1.